The van der Waals surface area contributed by atoms with E-state index in [-0.39, 0.29) is 23.8 Å². The Balaban J connectivity index is 1.62. The molecule has 0 unspecified atom stereocenters. The summed E-state index contributed by atoms with van der Waals surface area (Å²) in [5.41, 5.74) is 2.20. The van der Waals surface area contributed by atoms with E-state index in [1.54, 1.807) is 7.11 Å². The third-order valence-electron chi connectivity index (χ3n) is 6.65. The maximum Gasteiger partial charge on any atom is 0.225 e. The predicted molar refractivity (Wildman–Crippen MR) is 123 cm³/mol. The monoisotopic (exact) mass is 429 g/mol. The SMILES string of the molecule is COCCN1C(=O)CC[C@@H](C(=O)NCCCN2CCCCCC2)[C@H]1c1ccc(C)cc1. The van der Waals surface area contributed by atoms with Gasteiger partial charge < -0.3 is 19.9 Å². The molecule has 2 amide bonds. The molecule has 6 heteroatoms. The van der Waals surface area contributed by atoms with Crippen LogP contribution in [0.1, 0.15) is 62.1 Å². The minimum absolute atomic E-state index is 0.0661. The van der Waals surface area contributed by atoms with Gasteiger partial charge in [-0.3, -0.25) is 9.59 Å². The Morgan fingerprint density at radius 2 is 1.81 bits per heavy atom. The molecule has 0 radical (unpaired) electrons. The first-order valence-corrected chi connectivity index (χ1v) is 11.9. The average molecular weight is 430 g/mol. The average Bonchev–Trinajstić information content (AvgIpc) is 3.05. The second-order valence-electron chi connectivity index (χ2n) is 8.98. The number of ether oxygens (including phenoxy) is 1. The molecule has 2 saturated heterocycles. The molecule has 2 fully saturated rings. The molecule has 31 heavy (non-hydrogen) atoms. The number of rotatable bonds is 9. The third-order valence-corrected chi connectivity index (χ3v) is 6.65. The minimum atomic E-state index is -0.234. The fraction of sp³-hybridized carbons (Fsp3) is 0.680. The molecule has 0 aromatic heterocycles. The van der Waals surface area contributed by atoms with Crippen LogP contribution < -0.4 is 5.32 Å². The number of hydrogen-bond acceptors (Lipinski definition) is 4. The first-order chi connectivity index (χ1) is 15.1. The van der Waals surface area contributed by atoms with Crippen molar-refractivity contribution in [2.45, 2.75) is 57.9 Å². The summed E-state index contributed by atoms with van der Waals surface area (Å²) in [4.78, 5) is 30.3. The summed E-state index contributed by atoms with van der Waals surface area (Å²) < 4.78 is 5.24. The number of hydrogen-bond donors (Lipinski definition) is 1. The summed E-state index contributed by atoms with van der Waals surface area (Å²) in [5.74, 6) is -0.0559. The fourth-order valence-corrected chi connectivity index (χ4v) is 4.86. The number of aryl methyl sites for hydroxylation is 1. The van der Waals surface area contributed by atoms with Crippen LogP contribution in [0.25, 0.3) is 0 Å². The summed E-state index contributed by atoms with van der Waals surface area (Å²) in [5, 5.41) is 3.18. The van der Waals surface area contributed by atoms with E-state index in [1.165, 1.54) is 44.3 Å². The Kier molecular flexibility index (Phi) is 9.34. The van der Waals surface area contributed by atoms with Crippen LogP contribution in [0.5, 0.6) is 0 Å². The van der Waals surface area contributed by atoms with Crippen molar-refractivity contribution in [1.29, 1.82) is 0 Å². The van der Waals surface area contributed by atoms with E-state index in [2.05, 4.69) is 34.5 Å². The molecule has 1 N–H and O–H groups in total. The lowest BCUT2D eigenvalue weighted by molar-refractivity contribution is -0.144. The van der Waals surface area contributed by atoms with Gasteiger partial charge in [0.25, 0.3) is 0 Å². The van der Waals surface area contributed by atoms with Crippen molar-refractivity contribution >= 4 is 11.8 Å². The van der Waals surface area contributed by atoms with E-state index in [4.69, 9.17) is 4.74 Å². The number of carbonyl (C=O) groups excluding carboxylic acids is 2. The molecule has 3 rings (SSSR count). The largest absolute Gasteiger partial charge is 0.383 e. The molecule has 0 spiro atoms. The van der Waals surface area contributed by atoms with Gasteiger partial charge in [0.05, 0.1) is 18.6 Å². The number of methoxy groups -OCH3 is 1. The van der Waals surface area contributed by atoms with Crippen molar-refractivity contribution in [3.05, 3.63) is 35.4 Å². The zero-order chi connectivity index (χ0) is 22.1. The van der Waals surface area contributed by atoms with E-state index in [1.807, 2.05) is 11.8 Å². The molecule has 2 aliphatic rings. The van der Waals surface area contributed by atoms with Gasteiger partial charge in [-0.15, -0.1) is 0 Å². The Morgan fingerprint density at radius 3 is 2.48 bits per heavy atom. The lowest BCUT2D eigenvalue weighted by atomic mass is 9.83. The number of amides is 2. The normalized spacial score (nSPS) is 22.9. The Bertz CT molecular complexity index is 698. The van der Waals surface area contributed by atoms with Crippen molar-refractivity contribution < 1.29 is 14.3 Å². The van der Waals surface area contributed by atoms with Gasteiger partial charge in [0.15, 0.2) is 0 Å². The van der Waals surface area contributed by atoms with Gasteiger partial charge in [-0.25, -0.2) is 0 Å². The molecule has 6 nitrogen and oxygen atoms in total. The number of nitrogens with zero attached hydrogens (tertiary/aromatic N) is 2. The highest BCUT2D eigenvalue weighted by Crippen LogP contribution is 2.37. The van der Waals surface area contributed by atoms with Crippen LogP contribution in [0.2, 0.25) is 0 Å². The van der Waals surface area contributed by atoms with Gasteiger partial charge in [0.1, 0.15) is 0 Å². The predicted octanol–water partition coefficient (Wildman–Crippen LogP) is 3.30. The summed E-state index contributed by atoms with van der Waals surface area (Å²) >= 11 is 0. The second-order valence-corrected chi connectivity index (χ2v) is 8.98. The van der Waals surface area contributed by atoms with Gasteiger partial charge in [-0.05, 0) is 57.8 Å². The van der Waals surface area contributed by atoms with Crippen molar-refractivity contribution in [2.24, 2.45) is 5.92 Å². The summed E-state index contributed by atoms with van der Waals surface area (Å²) in [6.45, 7) is 7.13. The zero-order valence-corrected chi connectivity index (χ0v) is 19.3. The molecular weight excluding hydrogens is 390 g/mol. The topological polar surface area (TPSA) is 61.9 Å². The maximum atomic E-state index is 13.2. The van der Waals surface area contributed by atoms with Gasteiger partial charge in [-0.1, -0.05) is 42.7 Å². The van der Waals surface area contributed by atoms with Gasteiger partial charge in [-0.2, -0.15) is 0 Å². The maximum absolute atomic E-state index is 13.2. The molecular formula is C25H39N3O3. The van der Waals surface area contributed by atoms with Gasteiger partial charge in [0.2, 0.25) is 11.8 Å². The standard InChI is InChI=1S/C25H39N3O3/c1-20-8-10-21(11-9-20)24-22(12-13-23(29)28(24)18-19-31-2)25(30)26-14-7-17-27-15-5-3-4-6-16-27/h8-11,22,24H,3-7,12-19H2,1-2H3,(H,26,30)/t22-,24-/m1/s1. The van der Waals surface area contributed by atoms with Crippen molar-refractivity contribution in [1.82, 2.24) is 15.1 Å². The lowest BCUT2D eigenvalue weighted by Gasteiger charge is -2.41. The number of nitrogens with one attached hydrogen (secondary N) is 1. The molecule has 2 aliphatic heterocycles. The van der Waals surface area contributed by atoms with Crippen molar-refractivity contribution in [2.75, 3.05) is 46.4 Å². The number of likely N-dealkylation sites (tertiary alicyclic amines) is 2. The van der Waals surface area contributed by atoms with Crippen molar-refractivity contribution in [3.8, 4) is 0 Å². The van der Waals surface area contributed by atoms with Crippen LogP contribution in [0, 0.1) is 12.8 Å². The van der Waals surface area contributed by atoms with Crippen LogP contribution in [-0.2, 0) is 14.3 Å². The van der Waals surface area contributed by atoms with Crippen LogP contribution in [0.4, 0.5) is 0 Å². The highest BCUT2D eigenvalue weighted by atomic mass is 16.5. The molecule has 2 heterocycles. The highest BCUT2D eigenvalue weighted by Gasteiger charge is 2.40. The minimum Gasteiger partial charge on any atom is -0.383 e. The van der Waals surface area contributed by atoms with Crippen LogP contribution in [0.3, 0.4) is 0 Å². The first-order valence-electron chi connectivity index (χ1n) is 11.9. The molecule has 0 aliphatic carbocycles. The van der Waals surface area contributed by atoms with Crippen LogP contribution in [0.15, 0.2) is 24.3 Å². The molecule has 1 aromatic carbocycles. The molecule has 2 atom stereocenters. The quantitative estimate of drug-likeness (QED) is 0.612. The molecule has 172 valence electrons. The van der Waals surface area contributed by atoms with E-state index in [9.17, 15) is 9.59 Å². The summed E-state index contributed by atoms with van der Waals surface area (Å²) in [6.07, 6.45) is 7.24. The lowest BCUT2D eigenvalue weighted by Crippen LogP contribution is -2.49. The Morgan fingerprint density at radius 1 is 1.10 bits per heavy atom. The summed E-state index contributed by atoms with van der Waals surface area (Å²) in [6, 6.07) is 7.98. The molecule has 1 aromatic rings. The molecule has 0 saturated carbocycles. The van der Waals surface area contributed by atoms with E-state index < -0.39 is 0 Å². The second kappa shape index (κ2) is 12.2. The smallest absolute Gasteiger partial charge is 0.225 e. The number of piperidine rings is 1. The highest BCUT2D eigenvalue weighted by molar-refractivity contribution is 5.85. The van der Waals surface area contributed by atoms with E-state index >= 15 is 0 Å². The zero-order valence-electron chi connectivity index (χ0n) is 19.3. The first kappa shape index (κ1) is 23.7. The number of carbonyl (C=O) groups is 2. The third kappa shape index (κ3) is 6.78. The van der Waals surface area contributed by atoms with Crippen LogP contribution in [-0.4, -0.2) is 68.1 Å². The Labute approximate surface area is 187 Å². The van der Waals surface area contributed by atoms with Crippen LogP contribution >= 0.6 is 0 Å². The summed E-state index contributed by atoms with van der Waals surface area (Å²) in [7, 11) is 1.64. The van der Waals surface area contributed by atoms with Gasteiger partial charge >= 0.3 is 0 Å². The number of benzene rings is 1. The van der Waals surface area contributed by atoms with Gasteiger partial charge in [0, 0.05) is 26.6 Å². The van der Waals surface area contributed by atoms with E-state index in [0.717, 1.165) is 18.5 Å². The van der Waals surface area contributed by atoms with Crippen molar-refractivity contribution in [3.63, 3.8) is 0 Å². The Hall–Kier alpha value is -1.92. The fourth-order valence-electron chi connectivity index (χ4n) is 4.86. The molecule has 0 bridgehead atoms. The van der Waals surface area contributed by atoms with E-state index in [0.29, 0.717) is 32.5 Å².